The standard InChI is InChI=1S/C39H26N2O/c1-3-11-27(12-4-1)28-19-22-31(23-20-28)41(35-18-10-9-16-32(35)29-13-5-2-6-14-29)37-26-25-36-38(40-37)34-24-21-30-15-7-8-17-33(30)39(34)42-36/h1-26H. The highest BCUT2D eigenvalue weighted by Gasteiger charge is 2.20. The Labute approximate surface area is 243 Å². The first-order valence-electron chi connectivity index (χ1n) is 14.1. The maximum atomic E-state index is 6.39. The van der Waals surface area contributed by atoms with Gasteiger partial charge in [-0.25, -0.2) is 4.98 Å². The van der Waals surface area contributed by atoms with Gasteiger partial charge in [0.25, 0.3) is 0 Å². The van der Waals surface area contributed by atoms with Crippen molar-refractivity contribution in [2.45, 2.75) is 0 Å². The minimum absolute atomic E-state index is 0.779. The molecule has 2 aromatic heterocycles. The lowest BCUT2D eigenvalue weighted by Crippen LogP contribution is -2.12. The Morgan fingerprint density at radius 1 is 0.476 bits per heavy atom. The molecular weight excluding hydrogens is 512 g/mol. The van der Waals surface area contributed by atoms with Crippen molar-refractivity contribution in [3.63, 3.8) is 0 Å². The van der Waals surface area contributed by atoms with Crippen LogP contribution in [0, 0.1) is 0 Å². The Hall–Kier alpha value is -5.67. The van der Waals surface area contributed by atoms with E-state index in [2.05, 4.69) is 150 Å². The normalized spacial score (nSPS) is 11.3. The summed E-state index contributed by atoms with van der Waals surface area (Å²) in [6.45, 7) is 0. The molecule has 8 aromatic rings. The lowest BCUT2D eigenvalue weighted by atomic mass is 10.0. The van der Waals surface area contributed by atoms with Gasteiger partial charge < -0.3 is 4.42 Å². The number of furan rings is 1. The second kappa shape index (κ2) is 10.1. The van der Waals surface area contributed by atoms with Gasteiger partial charge in [0.15, 0.2) is 5.58 Å². The Kier molecular flexibility index (Phi) is 5.79. The first kappa shape index (κ1) is 24.2. The Bertz CT molecular complexity index is 2180. The first-order valence-corrected chi connectivity index (χ1v) is 14.1. The number of fused-ring (bicyclic) bond motifs is 5. The largest absolute Gasteiger partial charge is 0.454 e. The predicted octanol–water partition coefficient (Wildman–Crippen LogP) is 10.9. The number of anilines is 3. The highest BCUT2D eigenvalue weighted by Crippen LogP contribution is 2.42. The molecule has 0 bridgehead atoms. The summed E-state index contributed by atoms with van der Waals surface area (Å²) in [4.78, 5) is 7.52. The molecule has 2 heterocycles. The molecule has 0 spiro atoms. The van der Waals surface area contributed by atoms with Crippen LogP contribution in [0.1, 0.15) is 0 Å². The third-order valence-corrected chi connectivity index (χ3v) is 7.88. The van der Waals surface area contributed by atoms with E-state index in [1.807, 2.05) is 12.1 Å². The van der Waals surface area contributed by atoms with Crippen LogP contribution in [-0.2, 0) is 0 Å². The molecule has 8 rings (SSSR count). The fourth-order valence-corrected chi connectivity index (χ4v) is 5.84. The summed E-state index contributed by atoms with van der Waals surface area (Å²) in [5.41, 5.74) is 9.25. The fraction of sp³-hybridized carbons (Fsp3) is 0. The van der Waals surface area contributed by atoms with Gasteiger partial charge in [-0.1, -0.05) is 121 Å². The number of hydrogen-bond donors (Lipinski definition) is 0. The molecule has 0 amide bonds. The molecular formula is C39H26N2O. The molecule has 0 unspecified atom stereocenters. The lowest BCUT2D eigenvalue weighted by molar-refractivity contribution is 0.672. The van der Waals surface area contributed by atoms with Crippen LogP contribution in [0.5, 0.6) is 0 Å². The van der Waals surface area contributed by atoms with Gasteiger partial charge in [0, 0.05) is 22.0 Å². The smallest absolute Gasteiger partial charge is 0.154 e. The summed E-state index contributed by atoms with van der Waals surface area (Å²) in [5.74, 6) is 0.828. The number of aromatic nitrogens is 1. The van der Waals surface area contributed by atoms with Gasteiger partial charge in [-0.3, -0.25) is 4.90 Å². The molecule has 0 atom stereocenters. The van der Waals surface area contributed by atoms with Crippen molar-refractivity contribution in [1.82, 2.24) is 4.98 Å². The number of nitrogens with zero attached hydrogens (tertiary/aromatic N) is 2. The molecule has 0 aliphatic rings. The van der Waals surface area contributed by atoms with Crippen LogP contribution in [0.15, 0.2) is 162 Å². The van der Waals surface area contributed by atoms with Gasteiger partial charge in [-0.2, -0.15) is 0 Å². The van der Waals surface area contributed by atoms with E-state index in [0.29, 0.717) is 0 Å². The minimum Gasteiger partial charge on any atom is -0.454 e. The van der Waals surface area contributed by atoms with E-state index in [-0.39, 0.29) is 0 Å². The van der Waals surface area contributed by atoms with E-state index in [9.17, 15) is 0 Å². The second-order valence-corrected chi connectivity index (χ2v) is 10.4. The summed E-state index contributed by atoms with van der Waals surface area (Å²) in [6.07, 6.45) is 0. The maximum Gasteiger partial charge on any atom is 0.154 e. The molecule has 0 saturated carbocycles. The number of hydrogen-bond acceptors (Lipinski definition) is 3. The Balaban J connectivity index is 1.34. The van der Waals surface area contributed by atoms with Crippen LogP contribution in [-0.4, -0.2) is 4.98 Å². The number of rotatable bonds is 5. The summed E-state index contributed by atoms with van der Waals surface area (Å²) < 4.78 is 6.39. The lowest BCUT2D eigenvalue weighted by Gasteiger charge is -2.27. The van der Waals surface area contributed by atoms with Gasteiger partial charge in [-0.15, -0.1) is 0 Å². The van der Waals surface area contributed by atoms with Crippen LogP contribution in [0.4, 0.5) is 17.2 Å². The Morgan fingerprint density at radius 2 is 1.14 bits per heavy atom. The van der Waals surface area contributed by atoms with E-state index in [1.54, 1.807) is 0 Å². The summed E-state index contributed by atoms with van der Waals surface area (Å²) >= 11 is 0. The van der Waals surface area contributed by atoms with E-state index in [1.165, 1.54) is 11.1 Å². The fourth-order valence-electron chi connectivity index (χ4n) is 5.84. The van der Waals surface area contributed by atoms with Crippen molar-refractivity contribution in [2.75, 3.05) is 4.90 Å². The number of para-hydroxylation sites is 1. The molecule has 42 heavy (non-hydrogen) atoms. The van der Waals surface area contributed by atoms with Gasteiger partial charge >= 0.3 is 0 Å². The van der Waals surface area contributed by atoms with Crippen molar-refractivity contribution in [2.24, 2.45) is 0 Å². The molecule has 198 valence electrons. The molecule has 0 fully saturated rings. The van der Waals surface area contributed by atoms with Gasteiger partial charge in [-0.05, 0) is 58.5 Å². The summed E-state index contributed by atoms with van der Waals surface area (Å²) in [6, 6.07) is 54.9. The van der Waals surface area contributed by atoms with Crippen LogP contribution in [0.3, 0.4) is 0 Å². The SMILES string of the molecule is c1ccc(-c2ccc(N(c3ccc4oc5c6ccccc6ccc5c4n3)c3ccccc3-c3ccccc3)cc2)cc1. The zero-order valence-corrected chi connectivity index (χ0v) is 22.8. The van der Waals surface area contributed by atoms with E-state index in [0.717, 1.165) is 61.2 Å². The first-order chi connectivity index (χ1) is 20.8. The van der Waals surface area contributed by atoms with Gasteiger partial charge in [0.2, 0.25) is 0 Å². The second-order valence-electron chi connectivity index (χ2n) is 10.4. The molecule has 0 aliphatic carbocycles. The number of benzene rings is 6. The van der Waals surface area contributed by atoms with Crippen LogP contribution in [0.25, 0.3) is 55.1 Å². The molecule has 0 aliphatic heterocycles. The average molecular weight is 539 g/mol. The summed E-state index contributed by atoms with van der Waals surface area (Å²) in [5, 5.41) is 3.26. The van der Waals surface area contributed by atoms with Gasteiger partial charge in [0.05, 0.1) is 5.69 Å². The van der Waals surface area contributed by atoms with Crippen molar-refractivity contribution < 1.29 is 4.42 Å². The molecule has 0 radical (unpaired) electrons. The van der Waals surface area contributed by atoms with E-state index >= 15 is 0 Å². The van der Waals surface area contributed by atoms with E-state index < -0.39 is 0 Å². The quantitative estimate of drug-likeness (QED) is 0.218. The van der Waals surface area contributed by atoms with Gasteiger partial charge in [0.1, 0.15) is 16.9 Å². The Morgan fingerprint density at radius 3 is 1.95 bits per heavy atom. The maximum absolute atomic E-state index is 6.39. The average Bonchev–Trinajstić information content (AvgIpc) is 3.45. The van der Waals surface area contributed by atoms with Crippen molar-refractivity contribution >= 4 is 50.0 Å². The van der Waals surface area contributed by atoms with Crippen molar-refractivity contribution in [3.8, 4) is 22.3 Å². The highest BCUT2D eigenvalue weighted by atomic mass is 16.3. The van der Waals surface area contributed by atoms with Crippen LogP contribution < -0.4 is 4.90 Å². The minimum atomic E-state index is 0.779. The predicted molar refractivity (Wildman–Crippen MR) is 175 cm³/mol. The third kappa shape index (κ3) is 4.11. The molecule has 6 aromatic carbocycles. The zero-order valence-electron chi connectivity index (χ0n) is 22.8. The molecule has 3 heteroatoms. The molecule has 0 N–H and O–H groups in total. The topological polar surface area (TPSA) is 29.3 Å². The van der Waals surface area contributed by atoms with Crippen molar-refractivity contribution in [3.05, 3.63) is 158 Å². The zero-order chi connectivity index (χ0) is 27.9. The summed E-state index contributed by atoms with van der Waals surface area (Å²) in [7, 11) is 0. The van der Waals surface area contributed by atoms with Crippen LogP contribution in [0.2, 0.25) is 0 Å². The number of pyridine rings is 1. The highest BCUT2D eigenvalue weighted by molar-refractivity contribution is 6.14. The molecule has 3 nitrogen and oxygen atoms in total. The third-order valence-electron chi connectivity index (χ3n) is 7.88. The van der Waals surface area contributed by atoms with Crippen LogP contribution >= 0.6 is 0 Å². The monoisotopic (exact) mass is 538 g/mol. The van der Waals surface area contributed by atoms with E-state index in [4.69, 9.17) is 9.40 Å². The molecule has 0 saturated heterocycles. The van der Waals surface area contributed by atoms with Crippen molar-refractivity contribution in [1.29, 1.82) is 0 Å².